The Morgan fingerprint density at radius 2 is 1.90 bits per heavy atom. The molecule has 2 aromatic rings. The minimum Gasteiger partial charge on any atom is -0.492 e. The van der Waals surface area contributed by atoms with Gasteiger partial charge in [-0.25, -0.2) is 8.42 Å². The van der Waals surface area contributed by atoms with E-state index in [1.807, 2.05) is 6.92 Å². The van der Waals surface area contributed by atoms with Crippen LogP contribution in [0.1, 0.15) is 18.1 Å². The van der Waals surface area contributed by atoms with Crippen LogP contribution in [0.15, 0.2) is 42.5 Å². The molecule has 2 rings (SSSR count). The number of nitrogens with zero attached hydrogens (tertiary/aromatic N) is 1. The Labute approximate surface area is 184 Å². The summed E-state index contributed by atoms with van der Waals surface area (Å²) in [5.41, 5.74) is -0.395. The van der Waals surface area contributed by atoms with Crippen molar-refractivity contribution in [1.82, 2.24) is 5.32 Å². The highest BCUT2D eigenvalue weighted by atomic mass is 35.5. The van der Waals surface area contributed by atoms with Gasteiger partial charge in [-0.05, 0) is 49.7 Å². The van der Waals surface area contributed by atoms with Crippen molar-refractivity contribution in [1.29, 1.82) is 0 Å². The minimum atomic E-state index is -4.65. The van der Waals surface area contributed by atoms with Crippen LogP contribution in [0.2, 0.25) is 5.02 Å². The number of anilines is 1. The summed E-state index contributed by atoms with van der Waals surface area (Å²) in [4.78, 5) is 12.5. The van der Waals surface area contributed by atoms with Gasteiger partial charge in [0.15, 0.2) is 0 Å². The number of benzene rings is 2. The summed E-state index contributed by atoms with van der Waals surface area (Å²) >= 11 is 6.01. The third-order valence-corrected chi connectivity index (χ3v) is 5.98. The van der Waals surface area contributed by atoms with Gasteiger partial charge in [-0.15, -0.1) is 0 Å². The van der Waals surface area contributed by atoms with Crippen molar-refractivity contribution < 1.29 is 31.1 Å². The average Bonchev–Trinajstić information content (AvgIpc) is 2.66. The molecule has 0 aliphatic carbocycles. The van der Waals surface area contributed by atoms with Crippen LogP contribution in [-0.4, -0.2) is 39.8 Å². The molecule has 0 saturated carbocycles. The molecule has 0 heterocycles. The smallest absolute Gasteiger partial charge is 0.416 e. The molecule has 0 aliphatic rings. The third-order valence-electron chi connectivity index (χ3n) is 4.33. The highest BCUT2D eigenvalue weighted by Crippen LogP contribution is 2.32. The van der Waals surface area contributed by atoms with E-state index in [1.54, 1.807) is 18.2 Å². The van der Waals surface area contributed by atoms with Crippen LogP contribution in [0, 0.1) is 6.92 Å². The lowest BCUT2D eigenvalue weighted by molar-refractivity contribution is -0.137. The van der Waals surface area contributed by atoms with Gasteiger partial charge in [0.05, 0.1) is 24.1 Å². The van der Waals surface area contributed by atoms with E-state index in [2.05, 4.69) is 5.32 Å². The fraction of sp³-hybridized carbons (Fsp3) is 0.350. The van der Waals surface area contributed by atoms with Gasteiger partial charge in [0, 0.05) is 5.02 Å². The first-order valence-corrected chi connectivity index (χ1v) is 11.4. The molecule has 0 fully saturated rings. The first-order chi connectivity index (χ1) is 14.3. The average molecular weight is 479 g/mol. The molecule has 2 aromatic carbocycles. The Bertz CT molecular complexity index is 1040. The number of carbonyl (C=O) groups excluding carboxylic acids is 1. The highest BCUT2D eigenvalue weighted by Gasteiger charge is 2.34. The molecule has 6 nitrogen and oxygen atoms in total. The second-order valence-corrected chi connectivity index (χ2v) is 9.10. The Hall–Kier alpha value is -2.46. The standard InChI is InChI=1S/C20H22ClF3N2O4S/c1-13-7-8-17(12-18(13)21)30-10-9-25-19(27)14(2)26(31(3,28)29)16-6-4-5-15(11-16)20(22,23)24/h4-8,11-12,14H,9-10H2,1-3H3,(H,25,27). The third kappa shape index (κ3) is 6.76. The van der Waals surface area contributed by atoms with Crippen molar-refractivity contribution in [2.45, 2.75) is 26.1 Å². The van der Waals surface area contributed by atoms with Crippen molar-refractivity contribution in [3.63, 3.8) is 0 Å². The van der Waals surface area contributed by atoms with Gasteiger partial charge in [-0.2, -0.15) is 13.2 Å². The molecular weight excluding hydrogens is 457 g/mol. The predicted octanol–water partition coefficient (Wildman–Crippen LogP) is 4.02. The van der Waals surface area contributed by atoms with Crippen LogP contribution in [0.4, 0.5) is 18.9 Å². The second kappa shape index (κ2) is 9.78. The van der Waals surface area contributed by atoms with Crippen LogP contribution in [0.3, 0.4) is 0 Å². The zero-order chi connectivity index (χ0) is 23.4. The summed E-state index contributed by atoms with van der Waals surface area (Å²) in [6.07, 6.45) is -3.83. The lowest BCUT2D eigenvalue weighted by atomic mass is 10.2. The Morgan fingerprint density at radius 3 is 2.48 bits per heavy atom. The molecule has 0 aromatic heterocycles. The molecule has 31 heavy (non-hydrogen) atoms. The number of carbonyl (C=O) groups is 1. The number of rotatable bonds is 8. The zero-order valence-corrected chi connectivity index (χ0v) is 18.6. The summed E-state index contributed by atoms with van der Waals surface area (Å²) in [7, 11) is -4.05. The van der Waals surface area contributed by atoms with E-state index >= 15 is 0 Å². The Morgan fingerprint density at radius 1 is 1.23 bits per heavy atom. The van der Waals surface area contributed by atoms with E-state index in [0.29, 0.717) is 21.1 Å². The molecule has 0 spiro atoms. The molecule has 1 unspecified atom stereocenters. The van der Waals surface area contributed by atoms with Gasteiger partial charge in [0.1, 0.15) is 18.4 Å². The molecule has 0 bridgehead atoms. The van der Waals surface area contributed by atoms with E-state index in [-0.39, 0.29) is 18.8 Å². The van der Waals surface area contributed by atoms with Gasteiger partial charge < -0.3 is 10.1 Å². The van der Waals surface area contributed by atoms with Crippen molar-refractivity contribution >= 4 is 33.2 Å². The van der Waals surface area contributed by atoms with Crippen LogP contribution >= 0.6 is 11.6 Å². The van der Waals surface area contributed by atoms with Crippen molar-refractivity contribution in [3.05, 3.63) is 58.6 Å². The molecule has 0 radical (unpaired) electrons. The van der Waals surface area contributed by atoms with Crippen LogP contribution in [-0.2, 0) is 21.0 Å². The second-order valence-electron chi connectivity index (χ2n) is 6.83. The lowest BCUT2D eigenvalue weighted by Crippen LogP contribution is -2.48. The van der Waals surface area contributed by atoms with E-state index in [0.717, 1.165) is 24.0 Å². The molecule has 0 aliphatic heterocycles. The maximum atomic E-state index is 13.0. The van der Waals surface area contributed by atoms with Crippen LogP contribution < -0.4 is 14.4 Å². The zero-order valence-electron chi connectivity index (χ0n) is 17.0. The minimum absolute atomic E-state index is 0.0505. The Balaban J connectivity index is 2.07. The van der Waals surface area contributed by atoms with Gasteiger partial charge in [0.25, 0.3) is 0 Å². The molecule has 1 amide bonds. The molecular formula is C20H22ClF3N2O4S. The maximum absolute atomic E-state index is 13.0. The highest BCUT2D eigenvalue weighted by molar-refractivity contribution is 7.92. The Kier molecular flexibility index (Phi) is 7.82. The lowest BCUT2D eigenvalue weighted by Gasteiger charge is -2.28. The normalized spacial score (nSPS) is 12.9. The van der Waals surface area contributed by atoms with Gasteiger partial charge >= 0.3 is 6.18 Å². The SMILES string of the molecule is Cc1ccc(OCCNC(=O)C(C)N(c2cccc(C(F)(F)F)c2)S(C)(=O)=O)cc1Cl. The molecule has 170 valence electrons. The molecule has 0 saturated heterocycles. The van der Waals surface area contributed by atoms with E-state index in [1.165, 1.54) is 13.0 Å². The summed E-state index contributed by atoms with van der Waals surface area (Å²) < 4.78 is 69.6. The van der Waals surface area contributed by atoms with Crippen LogP contribution in [0.25, 0.3) is 0 Å². The molecule has 11 heteroatoms. The number of nitrogens with one attached hydrogen (secondary N) is 1. The monoisotopic (exact) mass is 478 g/mol. The number of ether oxygens (including phenoxy) is 1. The largest absolute Gasteiger partial charge is 0.492 e. The van der Waals surface area contributed by atoms with Gasteiger partial charge in [-0.1, -0.05) is 23.7 Å². The fourth-order valence-corrected chi connectivity index (χ4v) is 4.12. The fourth-order valence-electron chi connectivity index (χ4n) is 2.78. The predicted molar refractivity (Wildman–Crippen MR) is 113 cm³/mol. The number of amides is 1. The topological polar surface area (TPSA) is 75.7 Å². The number of sulfonamides is 1. The van der Waals surface area contributed by atoms with Crippen LogP contribution in [0.5, 0.6) is 5.75 Å². The summed E-state index contributed by atoms with van der Waals surface area (Å²) in [6.45, 7) is 3.26. The number of hydrogen-bond acceptors (Lipinski definition) is 4. The first-order valence-electron chi connectivity index (χ1n) is 9.14. The van der Waals surface area contributed by atoms with Crippen molar-refractivity contribution in [2.24, 2.45) is 0 Å². The quantitative estimate of drug-likeness (QED) is 0.581. The number of hydrogen-bond donors (Lipinski definition) is 1. The van der Waals surface area contributed by atoms with Crippen molar-refractivity contribution in [3.8, 4) is 5.75 Å². The number of halogens is 4. The van der Waals surface area contributed by atoms with Gasteiger partial charge in [0.2, 0.25) is 15.9 Å². The maximum Gasteiger partial charge on any atom is 0.416 e. The van der Waals surface area contributed by atoms with Crippen molar-refractivity contribution in [2.75, 3.05) is 23.7 Å². The number of aryl methyl sites for hydroxylation is 1. The van der Waals surface area contributed by atoms with E-state index in [4.69, 9.17) is 16.3 Å². The summed E-state index contributed by atoms with van der Waals surface area (Å²) in [5, 5.41) is 3.05. The molecule has 1 atom stereocenters. The van der Waals surface area contributed by atoms with Gasteiger partial charge in [-0.3, -0.25) is 9.10 Å². The first kappa shape index (κ1) is 24.8. The van der Waals surface area contributed by atoms with E-state index in [9.17, 15) is 26.4 Å². The van der Waals surface area contributed by atoms with E-state index < -0.39 is 33.7 Å². The number of alkyl halides is 3. The summed E-state index contributed by atoms with van der Waals surface area (Å²) in [5.74, 6) is -0.187. The summed E-state index contributed by atoms with van der Waals surface area (Å²) in [6, 6.07) is 7.62. The molecule has 1 N–H and O–H groups in total.